The summed E-state index contributed by atoms with van der Waals surface area (Å²) in [6.07, 6.45) is 1.26. The average Bonchev–Trinajstić information content (AvgIpc) is 2.92. The third-order valence-electron chi connectivity index (χ3n) is 5.62. The summed E-state index contributed by atoms with van der Waals surface area (Å²) in [4.78, 5) is 2.55. The molecule has 0 unspecified atom stereocenters. The number of likely N-dealkylation sites (N-methyl/N-ethyl adjacent to an activating group) is 1. The van der Waals surface area contributed by atoms with E-state index in [1.165, 1.54) is 12.1 Å². The minimum absolute atomic E-state index is 0.184. The lowest BCUT2D eigenvalue weighted by molar-refractivity contribution is 0.115. The van der Waals surface area contributed by atoms with Crippen LogP contribution in [0.4, 0.5) is 4.39 Å². The summed E-state index contributed by atoms with van der Waals surface area (Å²) in [5, 5.41) is 0. The molecule has 0 N–H and O–H groups in total. The van der Waals surface area contributed by atoms with Crippen LogP contribution in [0.25, 0.3) is 0 Å². The molecule has 2 aromatic rings. The molecule has 2 heterocycles. The predicted octanol–water partition coefficient (Wildman–Crippen LogP) is 3.26. The fourth-order valence-electron chi connectivity index (χ4n) is 4.22. The molecular weight excluding hydrogens is 379 g/mol. The van der Waals surface area contributed by atoms with Crippen LogP contribution in [0.3, 0.4) is 0 Å². The summed E-state index contributed by atoms with van der Waals surface area (Å²) < 4.78 is 47.4. The highest BCUT2D eigenvalue weighted by Crippen LogP contribution is 2.36. The van der Waals surface area contributed by atoms with Gasteiger partial charge in [0.25, 0.3) is 0 Å². The third-order valence-corrected chi connectivity index (χ3v) is 7.65. The Morgan fingerprint density at radius 3 is 2.54 bits per heavy atom. The molecule has 0 amide bonds. The number of nitrogens with zero attached hydrogens (tertiary/aromatic N) is 2. The van der Waals surface area contributed by atoms with Gasteiger partial charge in [0.15, 0.2) is 0 Å². The second-order valence-corrected chi connectivity index (χ2v) is 9.22. The van der Waals surface area contributed by atoms with Crippen LogP contribution in [0.15, 0.2) is 53.4 Å². The minimum Gasteiger partial charge on any atom is -0.487 e. The lowest BCUT2D eigenvalue weighted by Crippen LogP contribution is -2.46. The molecule has 4 rings (SSSR count). The average molecular weight is 405 g/mol. The van der Waals surface area contributed by atoms with Gasteiger partial charge in [-0.2, -0.15) is 4.31 Å². The van der Waals surface area contributed by atoms with Crippen molar-refractivity contribution < 1.29 is 17.5 Å². The molecule has 1 fully saturated rings. The quantitative estimate of drug-likeness (QED) is 0.788. The van der Waals surface area contributed by atoms with Crippen LogP contribution in [-0.4, -0.2) is 49.4 Å². The lowest BCUT2D eigenvalue weighted by atomic mass is 10.1. The van der Waals surface area contributed by atoms with E-state index in [4.69, 9.17) is 4.74 Å². The topological polar surface area (TPSA) is 49.9 Å². The van der Waals surface area contributed by atoms with Crippen LogP contribution >= 0.6 is 0 Å². The molecule has 2 aliphatic rings. The molecule has 150 valence electrons. The molecule has 0 aliphatic carbocycles. The van der Waals surface area contributed by atoms with E-state index >= 15 is 0 Å². The molecule has 1 saturated heterocycles. The van der Waals surface area contributed by atoms with Crippen molar-refractivity contribution in [3.05, 3.63) is 59.9 Å². The van der Waals surface area contributed by atoms with Gasteiger partial charge >= 0.3 is 0 Å². The molecule has 7 heteroatoms. The van der Waals surface area contributed by atoms with Crippen molar-refractivity contribution in [2.75, 3.05) is 19.6 Å². The van der Waals surface area contributed by atoms with Crippen LogP contribution < -0.4 is 4.74 Å². The molecule has 2 aliphatic heterocycles. The van der Waals surface area contributed by atoms with Gasteiger partial charge in [-0.3, -0.25) is 4.90 Å². The van der Waals surface area contributed by atoms with Gasteiger partial charge in [0.1, 0.15) is 22.6 Å². The fraction of sp³-hybridized carbons (Fsp3) is 0.429. The Bertz CT molecular complexity index is 933. The second kappa shape index (κ2) is 7.81. The summed E-state index contributed by atoms with van der Waals surface area (Å²) >= 11 is 0. The SMILES string of the molecule is CCN1[C@@H]2CCN(Cc3ccc(F)cc3)CC[C@H]2Oc2ccccc2S1(=O)=O. The summed E-state index contributed by atoms with van der Waals surface area (Å²) in [5.41, 5.74) is 1.05. The van der Waals surface area contributed by atoms with Gasteiger partial charge in [-0.05, 0) is 42.7 Å². The highest BCUT2D eigenvalue weighted by molar-refractivity contribution is 7.89. The minimum atomic E-state index is -3.59. The smallest absolute Gasteiger partial charge is 0.247 e. The van der Waals surface area contributed by atoms with Crippen LogP contribution in [0.1, 0.15) is 25.3 Å². The number of hydrogen-bond acceptors (Lipinski definition) is 4. The summed E-state index contributed by atoms with van der Waals surface area (Å²) in [5.74, 6) is 0.207. The Kier molecular flexibility index (Phi) is 5.40. The van der Waals surface area contributed by atoms with E-state index in [0.29, 0.717) is 18.7 Å². The van der Waals surface area contributed by atoms with E-state index in [0.717, 1.165) is 31.6 Å². The van der Waals surface area contributed by atoms with Crippen molar-refractivity contribution in [1.82, 2.24) is 9.21 Å². The van der Waals surface area contributed by atoms with Crippen molar-refractivity contribution in [2.45, 2.75) is 43.4 Å². The van der Waals surface area contributed by atoms with Gasteiger partial charge in [-0.25, -0.2) is 12.8 Å². The number of benzene rings is 2. The van der Waals surface area contributed by atoms with E-state index in [1.54, 1.807) is 34.6 Å². The first-order valence-electron chi connectivity index (χ1n) is 9.73. The number of rotatable bonds is 3. The molecule has 2 atom stereocenters. The first-order chi connectivity index (χ1) is 13.5. The third kappa shape index (κ3) is 3.66. The number of fused-ring (bicyclic) bond motifs is 2. The monoisotopic (exact) mass is 404 g/mol. The van der Waals surface area contributed by atoms with Crippen LogP contribution in [0.2, 0.25) is 0 Å². The number of para-hydroxylation sites is 1. The Morgan fingerprint density at radius 1 is 1.07 bits per heavy atom. The number of hydrogen-bond donors (Lipinski definition) is 0. The van der Waals surface area contributed by atoms with E-state index in [1.807, 2.05) is 13.0 Å². The Morgan fingerprint density at radius 2 is 1.79 bits per heavy atom. The highest BCUT2D eigenvalue weighted by atomic mass is 32.2. The lowest BCUT2D eigenvalue weighted by Gasteiger charge is -2.30. The Labute approximate surface area is 165 Å². The van der Waals surface area contributed by atoms with E-state index in [2.05, 4.69) is 4.90 Å². The largest absolute Gasteiger partial charge is 0.487 e. The molecule has 5 nitrogen and oxygen atoms in total. The van der Waals surface area contributed by atoms with Crippen molar-refractivity contribution in [2.24, 2.45) is 0 Å². The van der Waals surface area contributed by atoms with Crippen molar-refractivity contribution in [3.63, 3.8) is 0 Å². The molecule has 0 radical (unpaired) electrons. The maximum absolute atomic E-state index is 13.2. The Balaban J connectivity index is 1.58. The van der Waals surface area contributed by atoms with E-state index < -0.39 is 10.0 Å². The maximum atomic E-state index is 13.2. The zero-order chi connectivity index (χ0) is 19.7. The van der Waals surface area contributed by atoms with Crippen molar-refractivity contribution in [3.8, 4) is 5.75 Å². The van der Waals surface area contributed by atoms with Gasteiger partial charge in [-0.1, -0.05) is 31.2 Å². The molecule has 2 aromatic carbocycles. The normalized spacial score (nSPS) is 25.1. The first-order valence-corrected chi connectivity index (χ1v) is 11.2. The first kappa shape index (κ1) is 19.4. The van der Waals surface area contributed by atoms with Gasteiger partial charge < -0.3 is 4.74 Å². The van der Waals surface area contributed by atoms with E-state index in [-0.39, 0.29) is 22.9 Å². The summed E-state index contributed by atoms with van der Waals surface area (Å²) in [6, 6.07) is 13.3. The molecule has 0 bridgehead atoms. The molecule has 0 saturated carbocycles. The van der Waals surface area contributed by atoms with Gasteiger partial charge in [0, 0.05) is 26.2 Å². The summed E-state index contributed by atoms with van der Waals surface area (Å²) in [7, 11) is -3.59. The van der Waals surface area contributed by atoms with Gasteiger partial charge in [-0.15, -0.1) is 0 Å². The number of ether oxygens (including phenoxy) is 1. The summed E-state index contributed by atoms with van der Waals surface area (Å²) in [6.45, 7) is 4.58. The number of sulfonamides is 1. The Hall–Kier alpha value is -1.96. The van der Waals surface area contributed by atoms with Crippen LogP contribution in [0.5, 0.6) is 5.75 Å². The van der Waals surface area contributed by atoms with Crippen molar-refractivity contribution >= 4 is 10.0 Å². The van der Waals surface area contributed by atoms with Gasteiger partial charge in [0.2, 0.25) is 10.0 Å². The standard InChI is InChI=1S/C21H25FN2O3S/c1-2-24-18-11-13-23(15-16-7-9-17(22)10-8-16)14-12-19(18)27-20-5-3-4-6-21(20)28(24,25)26/h3-10,18-19H,2,11-15H2,1H3/t18-,19-/m1/s1. The van der Waals surface area contributed by atoms with Gasteiger partial charge in [0.05, 0.1) is 6.04 Å². The maximum Gasteiger partial charge on any atom is 0.247 e. The van der Waals surface area contributed by atoms with E-state index in [9.17, 15) is 12.8 Å². The zero-order valence-electron chi connectivity index (χ0n) is 15.9. The fourth-order valence-corrected chi connectivity index (χ4v) is 6.03. The molecule has 0 aromatic heterocycles. The van der Waals surface area contributed by atoms with Crippen LogP contribution in [0, 0.1) is 5.82 Å². The number of likely N-dealkylation sites (tertiary alicyclic amines) is 1. The second-order valence-electron chi connectivity index (χ2n) is 7.36. The zero-order valence-corrected chi connectivity index (χ0v) is 16.7. The predicted molar refractivity (Wildman–Crippen MR) is 105 cm³/mol. The molecule has 0 spiro atoms. The van der Waals surface area contributed by atoms with Crippen LogP contribution in [-0.2, 0) is 16.6 Å². The highest BCUT2D eigenvalue weighted by Gasteiger charge is 2.42. The molecule has 28 heavy (non-hydrogen) atoms. The van der Waals surface area contributed by atoms with Crippen molar-refractivity contribution in [1.29, 1.82) is 0 Å². The molecular formula is C21H25FN2O3S. The number of halogens is 1.